The molecule has 31 heavy (non-hydrogen) atoms. The van der Waals surface area contributed by atoms with E-state index in [9.17, 15) is 14.0 Å². The van der Waals surface area contributed by atoms with Crippen LogP contribution in [-0.2, 0) is 11.8 Å². The molecule has 4 aromatic rings. The minimum atomic E-state index is -0.613. The van der Waals surface area contributed by atoms with Crippen LogP contribution in [0.5, 0.6) is 11.6 Å². The highest BCUT2D eigenvalue weighted by Gasteiger charge is 2.15. The zero-order valence-electron chi connectivity index (χ0n) is 16.9. The molecule has 0 aliphatic carbocycles. The number of carbonyl (C=O) groups excluding carboxylic acids is 2. The van der Waals surface area contributed by atoms with E-state index in [4.69, 9.17) is 4.74 Å². The average molecular weight is 423 g/mol. The molecule has 3 aromatic heterocycles. The molecule has 0 unspecified atom stereocenters. The minimum Gasteiger partial charge on any atom is -0.438 e. The number of ether oxygens (including phenoxy) is 1. The van der Waals surface area contributed by atoms with Gasteiger partial charge in [0.25, 0.3) is 5.91 Å². The summed E-state index contributed by atoms with van der Waals surface area (Å²) in [7, 11) is 1.63. The molecular weight excluding hydrogens is 405 g/mol. The van der Waals surface area contributed by atoms with Gasteiger partial charge in [-0.25, -0.2) is 13.9 Å². The van der Waals surface area contributed by atoms with Gasteiger partial charge < -0.3 is 15.4 Å². The van der Waals surface area contributed by atoms with Gasteiger partial charge in [0, 0.05) is 26.1 Å². The fourth-order valence-corrected chi connectivity index (χ4v) is 2.95. The van der Waals surface area contributed by atoms with Crippen LogP contribution in [0.4, 0.5) is 15.9 Å². The maximum Gasteiger partial charge on any atom is 0.274 e. The van der Waals surface area contributed by atoms with Gasteiger partial charge in [-0.05, 0) is 31.2 Å². The molecule has 0 bridgehead atoms. The fraction of sp³-hybridized carbons (Fsp3) is 0.150. The summed E-state index contributed by atoms with van der Waals surface area (Å²) in [4.78, 5) is 27.8. The Morgan fingerprint density at radius 3 is 2.61 bits per heavy atom. The molecule has 0 spiro atoms. The third-order valence-electron chi connectivity index (χ3n) is 4.24. The Kier molecular flexibility index (Phi) is 5.07. The molecule has 0 aliphatic heterocycles. The lowest BCUT2D eigenvalue weighted by atomic mass is 10.2. The van der Waals surface area contributed by atoms with Crippen molar-refractivity contribution in [1.82, 2.24) is 24.4 Å². The van der Waals surface area contributed by atoms with Crippen molar-refractivity contribution in [3.05, 3.63) is 59.8 Å². The normalized spacial score (nSPS) is 10.8. The molecule has 4 rings (SSSR count). The van der Waals surface area contributed by atoms with Crippen molar-refractivity contribution in [3.8, 4) is 11.6 Å². The van der Waals surface area contributed by atoms with Crippen molar-refractivity contribution in [2.24, 2.45) is 7.05 Å². The number of carbonyl (C=O) groups is 2. The van der Waals surface area contributed by atoms with Crippen LogP contribution < -0.4 is 15.4 Å². The Morgan fingerprint density at radius 1 is 1.10 bits per heavy atom. The molecule has 1 aromatic carbocycles. The molecule has 10 nitrogen and oxygen atoms in total. The number of aromatic nitrogens is 5. The van der Waals surface area contributed by atoms with Crippen molar-refractivity contribution >= 4 is 29.0 Å². The second kappa shape index (κ2) is 7.86. The predicted molar refractivity (Wildman–Crippen MR) is 110 cm³/mol. The fourth-order valence-electron chi connectivity index (χ4n) is 2.95. The molecule has 158 valence electrons. The van der Waals surface area contributed by atoms with Gasteiger partial charge in [-0.15, -0.1) is 5.10 Å². The van der Waals surface area contributed by atoms with Crippen LogP contribution in [0.15, 0.2) is 42.6 Å². The van der Waals surface area contributed by atoms with Gasteiger partial charge in [-0.3, -0.25) is 14.3 Å². The van der Waals surface area contributed by atoms with E-state index in [1.807, 2.05) is 0 Å². The van der Waals surface area contributed by atoms with Crippen LogP contribution >= 0.6 is 0 Å². The molecule has 0 saturated heterocycles. The summed E-state index contributed by atoms with van der Waals surface area (Å²) < 4.78 is 22.8. The monoisotopic (exact) mass is 423 g/mol. The molecule has 0 radical (unpaired) electrons. The van der Waals surface area contributed by atoms with E-state index in [0.717, 1.165) is 0 Å². The number of aryl methyl sites for hydroxylation is 2. The molecule has 0 atom stereocenters. The highest BCUT2D eigenvalue weighted by atomic mass is 19.1. The van der Waals surface area contributed by atoms with Crippen molar-refractivity contribution < 1.29 is 18.7 Å². The smallest absolute Gasteiger partial charge is 0.274 e. The summed E-state index contributed by atoms with van der Waals surface area (Å²) >= 11 is 0. The number of rotatable bonds is 5. The first kappa shape index (κ1) is 20.0. The standard InChI is InChI=1S/C20H18FN7O3/c1-11-8-16(27(3)25-11)20(30)23-15-9-13(4-5-14(15)21)31-19-7-6-18-24-17(22-12(2)29)10-28(18)26-19/h4-10H,1-3H3,(H,22,29)(H,23,30). The number of nitrogens with zero attached hydrogens (tertiary/aromatic N) is 5. The second-order valence-electron chi connectivity index (χ2n) is 6.77. The van der Waals surface area contributed by atoms with E-state index in [2.05, 4.69) is 25.8 Å². The lowest BCUT2D eigenvalue weighted by molar-refractivity contribution is -0.114. The number of hydrogen-bond acceptors (Lipinski definition) is 6. The number of benzene rings is 1. The molecule has 11 heteroatoms. The SMILES string of the molecule is CC(=O)Nc1cn2nc(Oc3ccc(F)c(NC(=O)c4cc(C)nn4C)c3)ccc2n1. The van der Waals surface area contributed by atoms with Gasteiger partial charge in [0.15, 0.2) is 11.5 Å². The highest BCUT2D eigenvalue weighted by Crippen LogP contribution is 2.26. The van der Waals surface area contributed by atoms with Crippen molar-refractivity contribution in [2.75, 3.05) is 10.6 Å². The molecule has 2 N–H and O–H groups in total. The van der Waals surface area contributed by atoms with E-state index in [1.165, 1.54) is 40.5 Å². The van der Waals surface area contributed by atoms with E-state index < -0.39 is 11.7 Å². The van der Waals surface area contributed by atoms with E-state index in [0.29, 0.717) is 22.9 Å². The summed E-state index contributed by atoms with van der Waals surface area (Å²) in [5, 5.41) is 13.5. The summed E-state index contributed by atoms with van der Waals surface area (Å²) in [5.41, 5.74) is 1.44. The Morgan fingerprint density at radius 2 is 1.90 bits per heavy atom. The van der Waals surface area contributed by atoms with E-state index in [-0.39, 0.29) is 23.2 Å². The molecule has 0 saturated carbocycles. The van der Waals surface area contributed by atoms with Gasteiger partial charge in [-0.1, -0.05) is 0 Å². The maximum atomic E-state index is 14.3. The number of nitrogens with one attached hydrogen (secondary N) is 2. The van der Waals surface area contributed by atoms with Crippen molar-refractivity contribution in [3.63, 3.8) is 0 Å². The van der Waals surface area contributed by atoms with Gasteiger partial charge >= 0.3 is 0 Å². The summed E-state index contributed by atoms with van der Waals surface area (Å²) in [6.07, 6.45) is 1.54. The predicted octanol–water partition coefficient (Wildman–Crippen LogP) is 2.91. The first-order chi connectivity index (χ1) is 14.8. The zero-order valence-corrected chi connectivity index (χ0v) is 16.9. The molecule has 0 fully saturated rings. The molecule has 3 heterocycles. The zero-order chi connectivity index (χ0) is 22.1. The quantitative estimate of drug-likeness (QED) is 0.510. The largest absolute Gasteiger partial charge is 0.438 e. The van der Waals surface area contributed by atoms with Crippen LogP contribution in [0, 0.1) is 12.7 Å². The molecular formula is C20H18FN7O3. The Balaban J connectivity index is 1.54. The second-order valence-corrected chi connectivity index (χ2v) is 6.77. The first-order valence-electron chi connectivity index (χ1n) is 9.22. The van der Waals surface area contributed by atoms with Crippen LogP contribution in [0.1, 0.15) is 23.1 Å². The summed E-state index contributed by atoms with van der Waals surface area (Å²) in [5.74, 6) is -0.520. The number of hydrogen-bond donors (Lipinski definition) is 2. The van der Waals surface area contributed by atoms with Gasteiger partial charge in [0.1, 0.15) is 17.3 Å². The Hall–Kier alpha value is -4.28. The Bertz CT molecular complexity index is 1310. The van der Waals surface area contributed by atoms with Crippen LogP contribution in [0.2, 0.25) is 0 Å². The number of fused-ring (bicyclic) bond motifs is 1. The van der Waals surface area contributed by atoms with Gasteiger partial charge in [-0.2, -0.15) is 5.10 Å². The summed E-state index contributed by atoms with van der Waals surface area (Å²) in [6.45, 7) is 3.14. The third kappa shape index (κ3) is 4.34. The van der Waals surface area contributed by atoms with Crippen LogP contribution in [-0.4, -0.2) is 36.2 Å². The third-order valence-corrected chi connectivity index (χ3v) is 4.24. The van der Waals surface area contributed by atoms with E-state index in [1.54, 1.807) is 32.2 Å². The maximum absolute atomic E-state index is 14.3. The highest BCUT2D eigenvalue weighted by molar-refractivity contribution is 6.03. The van der Waals surface area contributed by atoms with Crippen LogP contribution in [0.25, 0.3) is 5.65 Å². The lowest BCUT2D eigenvalue weighted by Crippen LogP contribution is -2.16. The topological polar surface area (TPSA) is 115 Å². The van der Waals surface area contributed by atoms with Crippen LogP contribution in [0.3, 0.4) is 0 Å². The summed E-state index contributed by atoms with van der Waals surface area (Å²) in [6, 6.07) is 8.81. The average Bonchev–Trinajstić information content (AvgIpc) is 3.25. The number of anilines is 2. The first-order valence-corrected chi connectivity index (χ1v) is 9.22. The van der Waals surface area contributed by atoms with Crippen molar-refractivity contribution in [1.29, 1.82) is 0 Å². The lowest BCUT2D eigenvalue weighted by Gasteiger charge is -2.10. The molecule has 0 aliphatic rings. The minimum absolute atomic E-state index is 0.0435. The van der Waals surface area contributed by atoms with E-state index >= 15 is 0 Å². The van der Waals surface area contributed by atoms with Gasteiger partial charge in [0.2, 0.25) is 11.8 Å². The number of amides is 2. The van der Waals surface area contributed by atoms with Gasteiger partial charge in [0.05, 0.1) is 17.6 Å². The Labute approximate surface area is 175 Å². The van der Waals surface area contributed by atoms with Crippen molar-refractivity contribution in [2.45, 2.75) is 13.8 Å². The molecule has 2 amide bonds. The number of halogens is 1. The number of imidazole rings is 1.